The van der Waals surface area contributed by atoms with Gasteiger partial charge in [-0.05, 0) is 18.2 Å². The number of hydrogen-bond acceptors (Lipinski definition) is 8. The summed E-state index contributed by atoms with van der Waals surface area (Å²) in [5.74, 6) is -4.76. The Bertz CT molecular complexity index is 656. The molecule has 1 aromatic carbocycles. The van der Waals surface area contributed by atoms with Gasteiger partial charge in [-0.2, -0.15) is 0 Å². The average molecular weight is 326 g/mol. The van der Waals surface area contributed by atoms with Crippen LogP contribution in [-0.2, 0) is 9.53 Å². The smallest absolute Gasteiger partial charge is 0.339 e. The predicted octanol–water partition coefficient (Wildman–Crippen LogP) is -0.535. The van der Waals surface area contributed by atoms with E-state index in [0.717, 1.165) is 18.2 Å². The second-order valence-electron chi connectivity index (χ2n) is 4.99. The quantitative estimate of drug-likeness (QED) is 0.316. The first kappa shape index (κ1) is 16.6. The first-order valence-corrected chi connectivity index (χ1v) is 6.46. The molecule has 3 unspecified atom stereocenters. The van der Waals surface area contributed by atoms with Gasteiger partial charge in [0.1, 0.15) is 12.2 Å². The molecule has 0 aliphatic heterocycles. The van der Waals surface area contributed by atoms with E-state index in [2.05, 4.69) is 0 Å². The fourth-order valence-corrected chi connectivity index (χ4v) is 2.11. The van der Waals surface area contributed by atoms with Crippen LogP contribution in [0.3, 0.4) is 0 Å². The highest BCUT2D eigenvalue weighted by molar-refractivity contribution is 5.91. The van der Waals surface area contributed by atoms with Gasteiger partial charge in [-0.15, -0.1) is 0 Å². The van der Waals surface area contributed by atoms with Crippen LogP contribution in [-0.4, -0.2) is 60.9 Å². The van der Waals surface area contributed by atoms with Crippen molar-refractivity contribution in [2.45, 2.75) is 24.7 Å². The highest BCUT2D eigenvalue weighted by Gasteiger charge is 2.35. The highest BCUT2D eigenvalue weighted by atomic mass is 16.6. The maximum absolute atomic E-state index is 12.0. The average Bonchev–Trinajstić information content (AvgIpc) is 2.48. The lowest BCUT2D eigenvalue weighted by Crippen LogP contribution is -2.43. The minimum absolute atomic E-state index is 0.225. The lowest BCUT2D eigenvalue weighted by Gasteiger charge is -2.29. The van der Waals surface area contributed by atoms with Crippen molar-refractivity contribution >= 4 is 11.9 Å². The van der Waals surface area contributed by atoms with Crippen LogP contribution >= 0.6 is 0 Å². The molecule has 0 aromatic heterocycles. The second-order valence-corrected chi connectivity index (χ2v) is 4.99. The number of rotatable bonds is 3. The van der Waals surface area contributed by atoms with Crippen LogP contribution in [0.4, 0.5) is 0 Å². The summed E-state index contributed by atoms with van der Waals surface area (Å²) in [7, 11) is 0. The molecular weight excluding hydrogens is 312 g/mol. The maximum atomic E-state index is 12.0. The Kier molecular flexibility index (Phi) is 4.43. The van der Waals surface area contributed by atoms with E-state index in [1.54, 1.807) is 0 Å². The number of aliphatic hydroxyl groups excluding tert-OH is 2. The summed E-state index contributed by atoms with van der Waals surface area (Å²) in [6.07, 6.45) is -3.68. The molecular formula is C14H14O9. The number of phenolic OH excluding ortho intramolecular Hbond substituents is 3. The molecule has 1 aromatic rings. The fourth-order valence-electron chi connectivity index (χ4n) is 2.11. The monoisotopic (exact) mass is 326 g/mol. The van der Waals surface area contributed by atoms with Crippen molar-refractivity contribution in [3.05, 3.63) is 29.3 Å². The van der Waals surface area contributed by atoms with E-state index in [9.17, 15) is 35.1 Å². The molecule has 124 valence electrons. The molecule has 9 heteroatoms. The second kappa shape index (κ2) is 6.15. The van der Waals surface area contributed by atoms with E-state index in [0.29, 0.717) is 0 Å². The van der Waals surface area contributed by atoms with E-state index in [-0.39, 0.29) is 17.6 Å². The molecule has 2 rings (SSSR count). The van der Waals surface area contributed by atoms with Gasteiger partial charge in [-0.25, -0.2) is 9.59 Å². The zero-order valence-corrected chi connectivity index (χ0v) is 11.6. The van der Waals surface area contributed by atoms with Crippen LogP contribution in [0, 0.1) is 0 Å². The summed E-state index contributed by atoms with van der Waals surface area (Å²) in [5.41, 5.74) is -0.563. The number of esters is 1. The molecule has 1 aliphatic carbocycles. The number of carboxylic acid groups (broad SMARTS) is 1. The summed E-state index contributed by atoms with van der Waals surface area (Å²) >= 11 is 0. The fraction of sp³-hybridized carbons (Fsp3) is 0.286. The Hall–Kier alpha value is -2.78. The number of ether oxygens (including phenoxy) is 1. The molecule has 0 fully saturated rings. The van der Waals surface area contributed by atoms with Crippen molar-refractivity contribution in [3.8, 4) is 17.2 Å². The molecule has 0 spiro atoms. The molecule has 23 heavy (non-hydrogen) atoms. The summed E-state index contributed by atoms with van der Waals surface area (Å²) in [6, 6.07) is 1.65. The largest absolute Gasteiger partial charge is 0.504 e. The Labute approximate surface area is 129 Å². The molecule has 0 saturated heterocycles. The molecule has 9 nitrogen and oxygen atoms in total. The van der Waals surface area contributed by atoms with Gasteiger partial charge in [-0.3, -0.25) is 0 Å². The van der Waals surface area contributed by atoms with Crippen molar-refractivity contribution in [1.29, 1.82) is 0 Å². The van der Waals surface area contributed by atoms with Crippen LogP contribution in [0.2, 0.25) is 0 Å². The normalized spacial score (nSPS) is 23.9. The van der Waals surface area contributed by atoms with Crippen molar-refractivity contribution < 1.29 is 45.0 Å². The van der Waals surface area contributed by atoms with Crippen LogP contribution in [0.5, 0.6) is 17.2 Å². The van der Waals surface area contributed by atoms with Crippen LogP contribution in [0.1, 0.15) is 16.8 Å². The van der Waals surface area contributed by atoms with Crippen LogP contribution < -0.4 is 0 Å². The minimum atomic E-state index is -1.53. The van der Waals surface area contributed by atoms with E-state index in [1.165, 1.54) is 0 Å². The van der Waals surface area contributed by atoms with Crippen LogP contribution in [0.15, 0.2) is 23.8 Å². The van der Waals surface area contributed by atoms with Gasteiger partial charge in [0.15, 0.2) is 17.2 Å². The summed E-state index contributed by atoms with van der Waals surface area (Å²) in [4.78, 5) is 22.9. The van der Waals surface area contributed by atoms with E-state index in [1.807, 2.05) is 0 Å². The molecule has 0 heterocycles. The minimum Gasteiger partial charge on any atom is -0.504 e. The highest BCUT2D eigenvalue weighted by Crippen LogP contribution is 2.35. The lowest BCUT2D eigenvalue weighted by atomic mass is 9.92. The lowest BCUT2D eigenvalue weighted by molar-refractivity contribution is -0.134. The molecule has 3 atom stereocenters. The number of aromatic hydroxyl groups is 3. The van der Waals surface area contributed by atoms with Crippen molar-refractivity contribution in [2.24, 2.45) is 0 Å². The first-order chi connectivity index (χ1) is 10.7. The van der Waals surface area contributed by atoms with Gasteiger partial charge < -0.3 is 35.4 Å². The third-order valence-corrected chi connectivity index (χ3v) is 3.35. The third-order valence-electron chi connectivity index (χ3n) is 3.35. The number of carbonyl (C=O) groups is 2. The van der Waals surface area contributed by atoms with Crippen molar-refractivity contribution in [3.63, 3.8) is 0 Å². The summed E-state index contributed by atoms with van der Waals surface area (Å²) in [6.45, 7) is 0. The van der Waals surface area contributed by atoms with Crippen molar-refractivity contribution in [1.82, 2.24) is 0 Å². The van der Waals surface area contributed by atoms with E-state index in [4.69, 9.17) is 9.84 Å². The maximum Gasteiger partial charge on any atom is 0.339 e. The SMILES string of the molecule is O=C(O)C1=CC(OC(=O)c2cc(O)c(O)c(O)c2)C(O)C(O)C1. The number of hydrogen-bond donors (Lipinski definition) is 6. The zero-order valence-electron chi connectivity index (χ0n) is 11.6. The topological polar surface area (TPSA) is 165 Å². The molecule has 6 N–H and O–H groups in total. The Morgan fingerprint density at radius 2 is 1.65 bits per heavy atom. The number of aliphatic hydroxyl groups is 2. The van der Waals surface area contributed by atoms with Crippen molar-refractivity contribution in [2.75, 3.05) is 0 Å². The summed E-state index contributed by atoms with van der Waals surface area (Å²) < 4.78 is 4.90. The Morgan fingerprint density at radius 1 is 1.09 bits per heavy atom. The molecule has 0 amide bonds. The summed E-state index contributed by atoms with van der Waals surface area (Å²) in [5, 5.41) is 56.2. The molecule has 0 saturated carbocycles. The van der Waals surface area contributed by atoms with E-state index < -0.39 is 47.5 Å². The van der Waals surface area contributed by atoms with Gasteiger partial charge in [0.2, 0.25) is 0 Å². The number of aliphatic carboxylic acids is 1. The molecule has 1 aliphatic rings. The van der Waals surface area contributed by atoms with Crippen LogP contribution in [0.25, 0.3) is 0 Å². The van der Waals surface area contributed by atoms with Gasteiger partial charge in [0, 0.05) is 12.0 Å². The predicted molar refractivity (Wildman–Crippen MR) is 73.0 cm³/mol. The number of carbonyl (C=O) groups excluding carboxylic acids is 1. The first-order valence-electron chi connectivity index (χ1n) is 6.46. The number of carboxylic acids is 1. The number of phenols is 3. The van der Waals surface area contributed by atoms with Gasteiger partial charge in [0.05, 0.1) is 11.7 Å². The van der Waals surface area contributed by atoms with E-state index >= 15 is 0 Å². The van der Waals surface area contributed by atoms with Gasteiger partial charge >= 0.3 is 11.9 Å². The zero-order chi connectivity index (χ0) is 17.3. The Morgan fingerprint density at radius 3 is 2.17 bits per heavy atom. The Balaban J connectivity index is 2.25. The number of benzene rings is 1. The third kappa shape index (κ3) is 3.35. The van der Waals surface area contributed by atoms with Gasteiger partial charge in [-0.1, -0.05) is 0 Å². The standard InChI is InChI=1S/C14H14O9/c15-7-2-6(3-8(16)11(7)18)14(22)23-10-4-5(13(20)21)1-9(17)12(10)19/h2-4,9-10,12,15-19H,1H2,(H,20,21). The molecule has 0 radical (unpaired) electrons. The van der Waals surface area contributed by atoms with Gasteiger partial charge in [0.25, 0.3) is 0 Å². The molecule has 0 bridgehead atoms.